The Bertz CT molecular complexity index is 631. The molecule has 1 aromatic heterocycles. The molecule has 2 aromatic rings. The monoisotopic (exact) mass is 275 g/mol. The minimum Gasteiger partial charge on any atom is -0.322 e. The van der Waals surface area contributed by atoms with Crippen molar-refractivity contribution < 1.29 is 4.79 Å². The number of aryl methyl sites for hydroxylation is 1. The van der Waals surface area contributed by atoms with E-state index in [0.29, 0.717) is 10.7 Å². The second-order valence-corrected chi connectivity index (χ2v) is 4.59. The number of rotatable bonds is 3. The number of aromatic nitrogens is 2. The van der Waals surface area contributed by atoms with E-state index in [4.69, 9.17) is 11.6 Å². The Balaban J connectivity index is 2.05. The van der Waals surface area contributed by atoms with Gasteiger partial charge in [0.05, 0.1) is 6.20 Å². The van der Waals surface area contributed by atoms with Crippen molar-refractivity contribution in [3.63, 3.8) is 0 Å². The number of benzene rings is 1. The standard InChI is InChI=1S/C14H14ClN3O/c1-10-12(15)4-3-5-13(10)17-14(19)7-6-11-8-16-18(2)9-11/h3-9H,1-2H3,(H,17,19)/b7-6+. The van der Waals surface area contributed by atoms with Crippen LogP contribution in [-0.2, 0) is 11.8 Å². The zero-order chi connectivity index (χ0) is 13.8. The van der Waals surface area contributed by atoms with Crippen LogP contribution in [0.25, 0.3) is 6.08 Å². The lowest BCUT2D eigenvalue weighted by Crippen LogP contribution is -2.08. The third-order valence-corrected chi connectivity index (χ3v) is 3.09. The fourth-order valence-electron chi connectivity index (χ4n) is 1.62. The smallest absolute Gasteiger partial charge is 0.248 e. The number of nitrogens with zero attached hydrogens (tertiary/aromatic N) is 2. The number of anilines is 1. The van der Waals surface area contributed by atoms with E-state index in [1.165, 1.54) is 6.08 Å². The molecular formula is C14H14ClN3O. The number of carbonyl (C=O) groups is 1. The molecule has 1 heterocycles. The predicted molar refractivity (Wildman–Crippen MR) is 77.1 cm³/mol. The minimum atomic E-state index is -0.200. The van der Waals surface area contributed by atoms with E-state index >= 15 is 0 Å². The molecular weight excluding hydrogens is 262 g/mol. The van der Waals surface area contributed by atoms with Gasteiger partial charge in [0, 0.05) is 35.6 Å². The van der Waals surface area contributed by atoms with Gasteiger partial charge in [0.1, 0.15) is 0 Å². The topological polar surface area (TPSA) is 46.9 Å². The van der Waals surface area contributed by atoms with Crippen molar-refractivity contribution in [3.05, 3.63) is 52.8 Å². The SMILES string of the molecule is Cc1c(Cl)cccc1NC(=O)/C=C/c1cnn(C)c1. The highest BCUT2D eigenvalue weighted by molar-refractivity contribution is 6.31. The van der Waals surface area contributed by atoms with Crippen LogP contribution in [0, 0.1) is 6.92 Å². The van der Waals surface area contributed by atoms with Crippen molar-refractivity contribution in [1.82, 2.24) is 9.78 Å². The van der Waals surface area contributed by atoms with Crippen LogP contribution >= 0.6 is 11.6 Å². The van der Waals surface area contributed by atoms with Crippen molar-refractivity contribution in [2.24, 2.45) is 7.05 Å². The highest BCUT2D eigenvalue weighted by Gasteiger charge is 2.04. The number of halogens is 1. The second-order valence-electron chi connectivity index (χ2n) is 4.18. The fraction of sp³-hybridized carbons (Fsp3) is 0.143. The first-order chi connectivity index (χ1) is 9.06. The lowest BCUT2D eigenvalue weighted by atomic mass is 10.2. The quantitative estimate of drug-likeness (QED) is 0.875. The molecule has 0 aliphatic carbocycles. The number of hydrogen-bond donors (Lipinski definition) is 1. The molecule has 0 spiro atoms. The van der Waals surface area contributed by atoms with Crippen molar-refractivity contribution in [2.75, 3.05) is 5.32 Å². The molecule has 0 unspecified atom stereocenters. The summed E-state index contributed by atoms with van der Waals surface area (Å²) in [6.07, 6.45) is 6.70. The molecule has 19 heavy (non-hydrogen) atoms. The largest absolute Gasteiger partial charge is 0.322 e. The van der Waals surface area contributed by atoms with E-state index in [-0.39, 0.29) is 5.91 Å². The molecule has 0 aliphatic heterocycles. The van der Waals surface area contributed by atoms with Crippen LogP contribution in [0.5, 0.6) is 0 Å². The van der Waals surface area contributed by atoms with Crippen molar-refractivity contribution in [1.29, 1.82) is 0 Å². The summed E-state index contributed by atoms with van der Waals surface area (Å²) in [4.78, 5) is 11.8. The van der Waals surface area contributed by atoms with E-state index < -0.39 is 0 Å². The molecule has 0 saturated carbocycles. The molecule has 0 saturated heterocycles. The van der Waals surface area contributed by atoms with E-state index in [1.807, 2.05) is 26.2 Å². The van der Waals surface area contributed by atoms with Gasteiger partial charge in [0.15, 0.2) is 0 Å². The van der Waals surface area contributed by atoms with Crippen molar-refractivity contribution in [2.45, 2.75) is 6.92 Å². The molecule has 0 bridgehead atoms. The summed E-state index contributed by atoms with van der Waals surface area (Å²) >= 11 is 5.99. The summed E-state index contributed by atoms with van der Waals surface area (Å²) in [6, 6.07) is 5.41. The second kappa shape index (κ2) is 5.71. The third-order valence-electron chi connectivity index (χ3n) is 2.68. The van der Waals surface area contributed by atoms with Crippen LogP contribution in [0.15, 0.2) is 36.7 Å². The zero-order valence-electron chi connectivity index (χ0n) is 10.7. The van der Waals surface area contributed by atoms with Gasteiger partial charge in [-0.3, -0.25) is 9.48 Å². The third kappa shape index (κ3) is 3.45. The molecule has 1 amide bonds. The summed E-state index contributed by atoms with van der Waals surface area (Å²) in [5, 5.41) is 7.44. The normalized spacial score (nSPS) is 10.9. The number of hydrogen-bond acceptors (Lipinski definition) is 2. The molecule has 0 aliphatic rings. The molecule has 0 atom stereocenters. The number of nitrogens with one attached hydrogen (secondary N) is 1. The molecule has 1 aromatic carbocycles. The average molecular weight is 276 g/mol. The Labute approximate surface area is 116 Å². The van der Waals surface area contributed by atoms with Gasteiger partial charge in [0.2, 0.25) is 5.91 Å². The summed E-state index contributed by atoms with van der Waals surface area (Å²) in [7, 11) is 1.83. The van der Waals surface area contributed by atoms with Crippen molar-refractivity contribution in [3.8, 4) is 0 Å². The number of carbonyl (C=O) groups excluding carboxylic acids is 1. The molecule has 0 fully saturated rings. The zero-order valence-corrected chi connectivity index (χ0v) is 11.5. The lowest BCUT2D eigenvalue weighted by Gasteiger charge is -2.07. The highest BCUT2D eigenvalue weighted by atomic mass is 35.5. The van der Waals surface area contributed by atoms with E-state index in [2.05, 4.69) is 10.4 Å². The van der Waals surface area contributed by atoms with Crippen LogP contribution in [0.3, 0.4) is 0 Å². The predicted octanol–water partition coefficient (Wildman–Crippen LogP) is 3.03. The van der Waals surface area contributed by atoms with Gasteiger partial charge >= 0.3 is 0 Å². The maximum Gasteiger partial charge on any atom is 0.248 e. The van der Waals surface area contributed by atoms with E-state index in [1.54, 1.807) is 29.1 Å². The Morgan fingerprint density at radius 2 is 2.26 bits per heavy atom. The molecule has 0 radical (unpaired) electrons. The summed E-state index contributed by atoms with van der Waals surface area (Å²) < 4.78 is 1.68. The molecule has 98 valence electrons. The van der Waals surface area contributed by atoms with Crippen LogP contribution in [0.2, 0.25) is 5.02 Å². The molecule has 5 heteroatoms. The Morgan fingerprint density at radius 1 is 1.47 bits per heavy atom. The Morgan fingerprint density at radius 3 is 2.95 bits per heavy atom. The van der Waals surface area contributed by atoms with Crippen LogP contribution < -0.4 is 5.32 Å². The molecule has 4 nitrogen and oxygen atoms in total. The van der Waals surface area contributed by atoms with Gasteiger partial charge < -0.3 is 5.32 Å². The fourth-order valence-corrected chi connectivity index (χ4v) is 1.79. The lowest BCUT2D eigenvalue weighted by molar-refractivity contribution is -0.111. The van der Waals surface area contributed by atoms with E-state index in [9.17, 15) is 4.79 Å². The van der Waals surface area contributed by atoms with Gasteiger partial charge in [-0.15, -0.1) is 0 Å². The summed E-state index contributed by atoms with van der Waals surface area (Å²) in [6.45, 7) is 1.86. The average Bonchev–Trinajstić information content (AvgIpc) is 2.78. The molecule has 1 N–H and O–H groups in total. The van der Waals surface area contributed by atoms with Gasteiger partial charge in [-0.2, -0.15) is 5.10 Å². The Hall–Kier alpha value is -2.07. The summed E-state index contributed by atoms with van der Waals surface area (Å²) in [5.74, 6) is -0.200. The molecule has 2 rings (SSSR count). The minimum absolute atomic E-state index is 0.200. The maximum absolute atomic E-state index is 11.8. The van der Waals surface area contributed by atoms with Crippen molar-refractivity contribution >= 4 is 29.3 Å². The van der Waals surface area contributed by atoms with Gasteiger partial charge in [-0.25, -0.2) is 0 Å². The van der Waals surface area contributed by atoms with E-state index in [0.717, 1.165) is 11.1 Å². The first kappa shape index (κ1) is 13.4. The van der Waals surface area contributed by atoms with Gasteiger partial charge in [0.25, 0.3) is 0 Å². The Kier molecular flexibility index (Phi) is 4.02. The highest BCUT2D eigenvalue weighted by Crippen LogP contribution is 2.22. The maximum atomic E-state index is 11.8. The van der Waals surface area contributed by atoms with Crippen LogP contribution in [0.1, 0.15) is 11.1 Å². The first-order valence-corrected chi connectivity index (χ1v) is 6.17. The van der Waals surface area contributed by atoms with Gasteiger partial charge in [-0.1, -0.05) is 17.7 Å². The van der Waals surface area contributed by atoms with Gasteiger partial charge in [-0.05, 0) is 30.7 Å². The van der Waals surface area contributed by atoms with Crippen LogP contribution in [0.4, 0.5) is 5.69 Å². The number of amides is 1. The van der Waals surface area contributed by atoms with Crippen LogP contribution in [-0.4, -0.2) is 15.7 Å². The summed E-state index contributed by atoms with van der Waals surface area (Å²) in [5.41, 5.74) is 2.45. The first-order valence-electron chi connectivity index (χ1n) is 5.79.